The molecule has 0 saturated carbocycles. The minimum Gasteiger partial charge on any atom is -0.465 e. The maximum Gasteiger partial charge on any atom is 0.407 e. The molecule has 20 heavy (non-hydrogen) atoms. The molecule has 0 aliphatic carbocycles. The molecule has 1 amide bonds. The SMILES string of the molecule is CNc1ccc(CN2CCN(C(=O)O)[C@@H](C)C2)c(F)c1. The maximum atomic E-state index is 13.9. The van der Waals surface area contributed by atoms with Gasteiger partial charge in [0, 0.05) is 50.5 Å². The Morgan fingerprint density at radius 1 is 1.50 bits per heavy atom. The van der Waals surface area contributed by atoms with E-state index in [-0.39, 0.29) is 11.9 Å². The number of hydrogen-bond donors (Lipinski definition) is 2. The minimum atomic E-state index is -0.887. The highest BCUT2D eigenvalue weighted by molar-refractivity contribution is 5.65. The van der Waals surface area contributed by atoms with Crippen LogP contribution in [-0.4, -0.2) is 53.7 Å². The third-order valence-corrected chi connectivity index (χ3v) is 3.69. The standard InChI is InChI=1S/C14H20FN3O2/c1-10-8-17(5-6-18(10)14(19)20)9-11-3-4-12(16-2)7-13(11)15/h3-4,7,10,16H,5-6,8-9H2,1-2H3,(H,19,20)/t10-/m0/s1. The van der Waals surface area contributed by atoms with Crippen molar-refractivity contribution in [2.24, 2.45) is 0 Å². The van der Waals surface area contributed by atoms with E-state index in [1.807, 2.05) is 13.0 Å². The maximum absolute atomic E-state index is 13.9. The van der Waals surface area contributed by atoms with Crippen molar-refractivity contribution in [3.05, 3.63) is 29.6 Å². The van der Waals surface area contributed by atoms with Gasteiger partial charge in [-0.1, -0.05) is 6.07 Å². The molecule has 6 heteroatoms. The predicted octanol–water partition coefficient (Wildman–Crippen LogP) is 2.05. The number of nitrogens with zero attached hydrogens (tertiary/aromatic N) is 2. The first-order chi connectivity index (χ1) is 9.51. The number of amides is 1. The smallest absolute Gasteiger partial charge is 0.407 e. The van der Waals surface area contributed by atoms with Crippen molar-refractivity contribution in [3.63, 3.8) is 0 Å². The number of nitrogens with one attached hydrogen (secondary N) is 1. The zero-order valence-electron chi connectivity index (χ0n) is 11.8. The number of carbonyl (C=O) groups is 1. The van der Waals surface area contributed by atoms with Gasteiger partial charge in [0.2, 0.25) is 0 Å². The normalized spacial score (nSPS) is 19.9. The molecule has 1 aliphatic rings. The number of rotatable bonds is 3. The Kier molecular flexibility index (Phi) is 4.44. The van der Waals surface area contributed by atoms with Gasteiger partial charge in [0.25, 0.3) is 0 Å². The number of hydrogen-bond acceptors (Lipinski definition) is 3. The Labute approximate surface area is 118 Å². The molecule has 5 nitrogen and oxygen atoms in total. The number of piperazine rings is 1. The van der Waals surface area contributed by atoms with Gasteiger partial charge < -0.3 is 15.3 Å². The van der Waals surface area contributed by atoms with Gasteiger partial charge in [-0.15, -0.1) is 0 Å². The van der Waals surface area contributed by atoms with Gasteiger partial charge in [-0.3, -0.25) is 4.90 Å². The lowest BCUT2D eigenvalue weighted by atomic mass is 10.1. The number of anilines is 1. The van der Waals surface area contributed by atoms with Gasteiger partial charge in [0.05, 0.1) is 0 Å². The summed E-state index contributed by atoms with van der Waals surface area (Å²) in [6, 6.07) is 5.03. The van der Waals surface area contributed by atoms with Crippen molar-refractivity contribution in [3.8, 4) is 0 Å². The van der Waals surface area contributed by atoms with Gasteiger partial charge in [0.1, 0.15) is 5.82 Å². The van der Waals surface area contributed by atoms with Crippen LogP contribution < -0.4 is 5.32 Å². The Hall–Kier alpha value is -1.82. The highest BCUT2D eigenvalue weighted by Gasteiger charge is 2.27. The molecular formula is C14H20FN3O2. The topological polar surface area (TPSA) is 55.8 Å². The molecule has 1 aliphatic heterocycles. The number of benzene rings is 1. The minimum absolute atomic E-state index is 0.0686. The van der Waals surface area contributed by atoms with E-state index in [0.29, 0.717) is 31.7 Å². The van der Waals surface area contributed by atoms with Crippen molar-refractivity contribution >= 4 is 11.8 Å². The second-order valence-electron chi connectivity index (χ2n) is 5.12. The molecule has 1 aromatic rings. The fraction of sp³-hybridized carbons (Fsp3) is 0.500. The summed E-state index contributed by atoms with van der Waals surface area (Å²) in [6.45, 7) is 4.10. The first-order valence-electron chi connectivity index (χ1n) is 6.69. The lowest BCUT2D eigenvalue weighted by Crippen LogP contribution is -2.53. The monoisotopic (exact) mass is 281 g/mol. The van der Waals surface area contributed by atoms with E-state index in [9.17, 15) is 9.18 Å². The molecule has 1 atom stereocenters. The summed E-state index contributed by atoms with van der Waals surface area (Å²) in [7, 11) is 1.75. The zero-order chi connectivity index (χ0) is 14.7. The fourth-order valence-corrected chi connectivity index (χ4v) is 2.53. The zero-order valence-corrected chi connectivity index (χ0v) is 11.8. The van der Waals surface area contributed by atoms with E-state index in [2.05, 4.69) is 10.2 Å². The summed E-state index contributed by atoms with van der Waals surface area (Å²) in [6.07, 6.45) is -0.887. The van der Waals surface area contributed by atoms with Crippen LogP contribution in [0.25, 0.3) is 0 Å². The largest absolute Gasteiger partial charge is 0.465 e. The average Bonchev–Trinajstić information content (AvgIpc) is 2.40. The van der Waals surface area contributed by atoms with Crippen LogP contribution in [0.3, 0.4) is 0 Å². The molecule has 110 valence electrons. The molecular weight excluding hydrogens is 261 g/mol. The molecule has 1 fully saturated rings. The lowest BCUT2D eigenvalue weighted by molar-refractivity contribution is 0.0706. The fourth-order valence-electron chi connectivity index (χ4n) is 2.53. The Morgan fingerprint density at radius 2 is 2.25 bits per heavy atom. The van der Waals surface area contributed by atoms with E-state index in [1.165, 1.54) is 11.0 Å². The Bertz CT molecular complexity index is 495. The summed E-state index contributed by atoms with van der Waals surface area (Å²) in [5, 5.41) is 11.9. The second kappa shape index (κ2) is 6.09. The van der Waals surface area contributed by atoms with Gasteiger partial charge in [0.15, 0.2) is 0 Å². The number of halogens is 1. The molecule has 0 unspecified atom stereocenters. The first-order valence-corrected chi connectivity index (χ1v) is 6.69. The van der Waals surface area contributed by atoms with Crippen LogP contribution in [0, 0.1) is 5.82 Å². The van der Waals surface area contributed by atoms with E-state index in [4.69, 9.17) is 5.11 Å². The summed E-state index contributed by atoms with van der Waals surface area (Å²) < 4.78 is 13.9. The highest BCUT2D eigenvalue weighted by atomic mass is 19.1. The van der Waals surface area contributed by atoms with Crippen LogP contribution in [0.1, 0.15) is 12.5 Å². The summed E-state index contributed by atoms with van der Waals surface area (Å²) in [5.41, 5.74) is 1.38. The summed E-state index contributed by atoms with van der Waals surface area (Å²) >= 11 is 0. The first kappa shape index (κ1) is 14.6. The van der Waals surface area contributed by atoms with E-state index < -0.39 is 6.09 Å². The van der Waals surface area contributed by atoms with Crippen molar-refractivity contribution < 1.29 is 14.3 Å². The molecule has 1 heterocycles. The van der Waals surface area contributed by atoms with Crippen molar-refractivity contribution in [2.75, 3.05) is 32.0 Å². The summed E-state index contributed by atoms with van der Waals surface area (Å²) in [5.74, 6) is -0.231. The van der Waals surface area contributed by atoms with E-state index in [0.717, 1.165) is 5.69 Å². The van der Waals surface area contributed by atoms with Gasteiger partial charge in [-0.25, -0.2) is 9.18 Å². The van der Waals surface area contributed by atoms with Crippen LogP contribution in [0.5, 0.6) is 0 Å². The van der Waals surface area contributed by atoms with Gasteiger partial charge in [-0.2, -0.15) is 0 Å². The van der Waals surface area contributed by atoms with Crippen molar-refractivity contribution in [1.29, 1.82) is 0 Å². The van der Waals surface area contributed by atoms with Crippen LogP contribution >= 0.6 is 0 Å². The molecule has 1 aromatic carbocycles. The molecule has 0 bridgehead atoms. The predicted molar refractivity (Wildman–Crippen MR) is 75.4 cm³/mol. The number of carboxylic acid groups (broad SMARTS) is 1. The Balaban J connectivity index is 2.00. The van der Waals surface area contributed by atoms with Crippen molar-refractivity contribution in [2.45, 2.75) is 19.5 Å². The summed E-state index contributed by atoms with van der Waals surface area (Å²) in [4.78, 5) is 14.5. The van der Waals surface area contributed by atoms with Gasteiger partial charge in [-0.05, 0) is 19.1 Å². The molecule has 2 N–H and O–H groups in total. The van der Waals surface area contributed by atoms with E-state index in [1.54, 1.807) is 13.1 Å². The highest BCUT2D eigenvalue weighted by Crippen LogP contribution is 2.18. The third kappa shape index (κ3) is 3.19. The molecule has 0 aromatic heterocycles. The average molecular weight is 281 g/mol. The second-order valence-corrected chi connectivity index (χ2v) is 5.12. The van der Waals surface area contributed by atoms with Crippen LogP contribution in [0.4, 0.5) is 14.9 Å². The lowest BCUT2D eigenvalue weighted by Gasteiger charge is -2.38. The quantitative estimate of drug-likeness (QED) is 0.890. The van der Waals surface area contributed by atoms with E-state index >= 15 is 0 Å². The molecule has 1 saturated heterocycles. The molecule has 0 spiro atoms. The molecule has 0 radical (unpaired) electrons. The molecule has 2 rings (SSSR count). The van der Waals surface area contributed by atoms with Crippen LogP contribution in [-0.2, 0) is 6.54 Å². The van der Waals surface area contributed by atoms with Gasteiger partial charge >= 0.3 is 6.09 Å². The van der Waals surface area contributed by atoms with Crippen LogP contribution in [0.2, 0.25) is 0 Å². The van der Waals surface area contributed by atoms with Crippen molar-refractivity contribution in [1.82, 2.24) is 9.80 Å². The Morgan fingerprint density at radius 3 is 2.80 bits per heavy atom. The third-order valence-electron chi connectivity index (χ3n) is 3.69. The van der Waals surface area contributed by atoms with Crippen LogP contribution in [0.15, 0.2) is 18.2 Å².